The molecule has 3 rings (SSSR count). The van der Waals surface area contributed by atoms with Gasteiger partial charge in [0.1, 0.15) is 6.04 Å². The van der Waals surface area contributed by atoms with Crippen molar-refractivity contribution in [3.8, 4) is 0 Å². The zero-order valence-corrected chi connectivity index (χ0v) is 16.0. The first-order valence-corrected chi connectivity index (χ1v) is 9.42. The summed E-state index contributed by atoms with van der Waals surface area (Å²) in [5, 5.41) is 6.32. The van der Waals surface area contributed by atoms with Crippen LogP contribution in [0.1, 0.15) is 21.5 Å². The molecule has 0 heterocycles. The summed E-state index contributed by atoms with van der Waals surface area (Å²) in [4.78, 5) is 25.4. The van der Waals surface area contributed by atoms with Crippen LogP contribution in [-0.2, 0) is 17.8 Å². The Morgan fingerprint density at radius 3 is 2.11 bits per heavy atom. The normalized spacial score (nSPS) is 11.5. The average molecular weight is 393 g/mol. The van der Waals surface area contributed by atoms with Gasteiger partial charge >= 0.3 is 0 Å². The van der Waals surface area contributed by atoms with Gasteiger partial charge in [0, 0.05) is 23.6 Å². The quantitative estimate of drug-likeness (QED) is 0.638. The smallest absolute Gasteiger partial charge is 0.251 e. The summed E-state index contributed by atoms with van der Waals surface area (Å²) < 4.78 is 0. The minimum Gasteiger partial charge on any atom is -0.350 e. The Balaban J connectivity index is 1.72. The van der Waals surface area contributed by atoms with E-state index in [9.17, 15) is 9.59 Å². The van der Waals surface area contributed by atoms with Crippen LogP contribution in [-0.4, -0.2) is 17.9 Å². The van der Waals surface area contributed by atoms with Crippen molar-refractivity contribution in [2.24, 2.45) is 0 Å². The largest absolute Gasteiger partial charge is 0.350 e. The molecule has 0 saturated carbocycles. The van der Waals surface area contributed by atoms with Crippen molar-refractivity contribution in [2.45, 2.75) is 19.0 Å². The maximum absolute atomic E-state index is 12.8. The van der Waals surface area contributed by atoms with Crippen molar-refractivity contribution < 1.29 is 9.59 Å². The van der Waals surface area contributed by atoms with Crippen LogP contribution in [0.2, 0.25) is 5.02 Å². The minimum atomic E-state index is -0.697. The number of nitrogens with one attached hydrogen (secondary N) is 2. The first kappa shape index (κ1) is 19.6. The van der Waals surface area contributed by atoms with E-state index in [4.69, 9.17) is 11.6 Å². The van der Waals surface area contributed by atoms with Crippen LogP contribution in [0, 0.1) is 0 Å². The van der Waals surface area contributed by atoms with Gasteiger partial charge in [-0.15, -0.1) is 0 Å². The van der Waals surface area contributed by atoms with Crippen molar-refractivity contribution in [1.29, 1.82) is 0 Å². The third-order valence-corrected chi connectivity index (χ3v) is 4.72. The van der Waals surface area contributed by atoms with E-state index in [0.717, 1.165) is 11.1 Å². The molecule has 3 aromatic carbocycles. The maximum Gasteiger partial charge on any atom is 0.251 e. The summed E-state index contributed by atoms with van der Waals surface area (Å²) in [5.41, 5.74) is 2.30. The van der Waals surface area contributed by atoms with E-state index < -0.39 is 6.04 Å². The van der Waals surface area contributed by atoms with Crippen LogP contribution in [0.25, 0.3) is 0 Å². The van der Waals surface area contributed by atoms with Gasteiger partial charge in [0.05, 0.1) is 0 Å². The summed E-state index contributed by atoms with van der Waals surface area (Å²) in [6.45, 7) is 0.297. The van der Waals surface area contributed by atoms with Gasteiger partial charge < -0.3 is 10.6 Å². The number of carbonyl (C=O) groups is 2. The Morgan fingerprint density at radius 2 is 1.43 bits per heavy atom. The number of hydrogen-bond donors (Lipinski definition) is 2. The molecule has 0 bridgehead atoms. The molecular formula is C23H21ClN2O2. The van der Waals surface area contributed by atoms with Crippen molar-refractivity contribution in [1.82, 2.24) is 10.6 Å². The van der Waals surface area contributed by atoms with E-state index >= 15 is 0 Å². The molecule has 0 radical (unpaired) electrons. The van der Waals surface area contributed by atoms with Gasteiger partial charge in [-0.25, -0.2) is 0 Å². The molecular weight excluding hydrogens is 372 g/mol. The molecule has 142 valence electrons. The standard InChI is InChI=1S/C23H21ClN2O2/c24-20-14-8-7-13-19(20)16-25-23(28)21(15-17-9-3-1-4-10-17)26-22(27)18-11-5-2-6-12-18/h1-14,21H,15-16H2,(H,25,28)(H,26,27)/t21-/m0/s1. The molecule has 0 aliphatic heterocycles. The van der Waals surface area contributed by atoms with Crippen LogP contribution in [0.3, 0.4) is 0 Å². The molecule has 0 aliphatic carbocycles. The highest BCUT2D eigenvalue weighted by Gasteiger charge is 2.22. The van der Waals surface area contributed by atoms with Gasteiger partial charge in [-0.05, 0) is 29.3 Å². The number of hydrogen-bond acceptors (Lipinski definition) is 2. The van der Waals surface area contributed by atoms with Gasteiger partial charge in [0.2, 0.25) is 5.91 Å². The van der Waals surface area contributed by atoms with E-state index in [2.05, 4.69) is 10.6 Å². The highest BCUT2D eigenvalue weighted by molar-refractivity contribution is 6.31. The lowest BCUT2D eigenvalue weighted by molar-refractivity contribution is -0.123. The SMILES string of the molecule is O=C(N[C@@H](Cc1ccccc1)C(=O)NCc1ccccc1Cl)c1ccccc1. The third-order valence-electron chi connectivity index (χ3n) is 4.35. The molecule has 5 heteroatoms. The lowest BCUT2D eigenvalue weighted by atomic mass is 10.0. The van der Waals surface area contributed by atoms with Crippen LogP contribution >= 0.6 is 11.6 Å². The lowest BCUT2D eigenvalue weighted by Gasteiger charge is -2.19. The van der Waals surface area contributed by atoms with Crippen LogP contribution < -0.4 is 10.6 Å². The number of carbonyl (C=O) groups excluding carboxylic acids is 2. The van der Waals surface area contributed by atoms with Crippen molar-refractivity contribution in [3.63, 3.8) is 0 Å². The fourth-order valence-electron chi connectivity index (χ4n) is 2.84. The number of halogens is 1. The number of rotatable bonds is 7. The molecule has 0 aliphatic rings. The van der Waals surface area contributed by atoms with Crippen LogP contribution in [0.15, 0.2) is 84.9 Å². The van der Waals surface area contributed by atoms with E-state index in [1.807, 2.05) is 54.6 Å². The van der Waals surface area contributed by atoms with Gasteiger partial charge in [-0.1, -0.05) is 78.3 Å². The Hall–Kier alpha value is -3.11. The number of benzene rings is 3. The molecule has 28 heavy (non-hydrogen) atoms. The van der Waals surface area contributed by atoms with Crippen LogP contribution in [0.4, 0.5) is 0 Å². The Bertz CT molecular complexity index is 930. The molecule has 2 N–H and O–H groups in total. The van der Waals surface area contributed by atoms with E-state index in [-0.39, 0.29) is 11.8 Å². The Kier molecular flexibility index (Phi) is 6.82. The summed E-state index contributed by atoms with van der Waals surface area (Å²) in [7, 11) is 0. The first-order valence-electron chi connectivity index (χ1n) is 9.04. The molecule has 0 unspecified atom stereocenters. The number of amides is 2. The average Bonchev–Trinajstić information content (AvgIpc) is 2.74. The zero-order chi connectivity index (χ0) is 19.8. The van der Waals surface area contributed by atoms with Gasteiger partial charge in [-0.2, -0.15) is 0 Å². The monoisotopic (exact) mass is 392 g/mol. The molecule has 0 spiro atoms. The van der Waals surface area contributed by atoms with E-state index in [0.29, 0.717) is 23.6 Å². The van der Waals surface area contributed by atoms with Gasteiger partial charge in [0.25, 0.3) is 5.91 Å². The second-order valence-electron chi connectivity index (χ2n) is 6.39. The Labute approximate surface area is 169 Å². The molecule has 3 aromatic rings. The zero-order valence-electron chi connectivity index (χ0n) is 15.3. The molecule has 2 amide bonds. The predicted octanol–water partition coefficient (Wildman–Crippen LogP) is 4.00. The highest BCUT2D eigenvalue weighted by Crippen LogP contribution is 2.14. The summed E-state index contributed by atoms with van der Waals surface area (Å²) >= 11 is 6.16. The van der Waals surface area contributed by atoms with Crippen molar-refractivity contribution in [3.05, 3.63) is 107 Å². The predicted molar refractivity (Wildman–Crippen MR) is 111 cm³/mol. The fourth-order valence-corrected chi connectivity index (χ4v) is 3.04. The summed E-state index contributed by atoms with van der Waals surface area (Å²) in [6.07, 6.45) is 0.397. The second kappa shape index (κ2) is 9.72. The van der Waals surface area contributed by atoms with E-state index in [1.54, 1.807) is 30.3 Å². The lowest BCUT2D eigenvalue weighted by Crippen LogP contribution is -2.47. The maximum atomic E-state index is 12.8. The van der Waals surface area contributed by atoms with Crippen molar-refractivity contribution >= 4 is 23.4 Å². The second-order valence-corrected chi connectivity index (χ2v) is 6.80. The topological polar surface area (TPSA) is 58.2 Å². The molecule has 0 fully saturated rings. The van der Waals surface area contributed by atoms with E-state index in [1.165, 1.54) is 0 Å². The third kappa shape index (κ3) is 5.44. The van der Waals surface area contributed by atoms with Gasteiger partial charge in [0.15, 0.2) is 0 Å². The fraction of sp³-hybridized carbons (Fsp3) is 0.130. The molecule has 1 atom stereocenters. The molecule has 0 saturated heterocycles. The Morgan fingerprint density at radius 1 is 0.821 bits per heavy atom. The molecule has 0 aromatic heterocycles. The summed E-state index contributed by atoms with van der Waals surface area (Å²) in [5.74, 6) is -0.539. The highest BCUT2D eigenvalue weighted by atomic mass is 35.5. The summed E-state index contributed by atoms with van der Waals surface area (Å²) in [6, 6.07) is 25.1. The van der Waals surface area contributed by atoms with Crippen molar-refractivity contribution in [2.75, 3.05) is 0 Å². The van der Waals surface area contributed by atoms with Crippen LogP contribution in [0.5, 0.6) is 0 Å². The molecule has 4 nitrogen and oxygen atoms in total. The van der Waals surface area contributed by atoms with Gasteiger partial charge in [-0.3, -0.25) is 9.59 Å². The minimum absolute atomic E-state index is 0.256. The first-order chi connectivity index (χ1) is 13.6.